The Morgan fingerprint density at radius 1 is 1.48 bits per heavy atom. The van der Waals surface area contributed by atoms with Crippen LogP contribution in [0.4, 0.5) is 9.93 Å². The molecule has 2 amide bonds. The van der Waals surface area contributed by atoms with E-state index in [0.717, 1.165) is 11.3 Å². The van der Waals surface area contributed by atoms with Gasteiger partial charge in [-0.2, -0.15) is 0 Å². The largest absolute Gasteiger partial charge is 0.469 e. The first-order chi connectivity index (χ1) is 12.1. The molecule has 132 valence electrons. The van der Waals surface area contributed by atoms with Gasteiger partial charge in [-0.3, -0.25) is 4.98 Å². The van der Waals surface area contributed by atoms with Crippen LogP contribution < -0.4 is 9.64 Å². The van der Waals surface area contributed by atoms with Crippen LogP contribution in [-0.4, -0.2) is 57.5 Å². The standard InChI is InChI=1S/C14H14ClN5O4S/c1-2-23-13-18-17-12(25-13)20-10(7-19(8-15)14(20)22)24-11(21)9-4-3-5-16-6-9/h3-6,10H,2,7-8H2,1H3. The molecule has 2 aromatic heterocycles. The molecule has 2 aromatic rings. The van der Waals surface area contributed by atoms with E-state index in [2.05, 4.69) is 15.2 Å². The average Bonchev–Trinajstić information content (AvgIpc) is 3.20. The Bertz CT molecular complexity index is 759. The van der Waals surface area contributed by atoms with E-state index < -0.39 is 18.2 Å². The quantitative estimate of drug-likeness (QED) is 0.427. The first-order valence-electron chi connectivity index (χ1n) is 7.35. The molecule has 0 N–H and O–H groups in total. The number of nitrogens with zero attached hydrogens (tertiary/aromatic N) is 5. The maximum absolute atomic E-state index is 12.5. The second-order valence-corrected chi connectivity index (χ2v) is 6.04. The lowest BCUT2D eigenvalue weighted by Gasteiger charge is -2.19. The monoisotopic (exact) mass is 383 g/mol. The molecule has 9 nitrogen and oxygen atoms in total. The van der Waals surface area contributed by atoms with Crippen molar-refractivity contribution in [1.82, 2.24) is 20.1 Å². The molecule has 1 aliphatic heterocycles. The smallest absolute Gasteiger partial charge is 0.341 e. The highest BCUT2D eigenvalue weighted by Gasteiger charge is 2.42. The van der Waals surface area contributed by atoms with Crippen molar-refractivity contribution in [2.75, 3.05) is 24.1 Å². The Morgan fingerprint density at radius 2 is 2.32 bits per heavy atom. The number of urea groups is 1. The third kappa shape index (κ3) is 3.64. The van der Waals surface area contributed by atoms with Gasteiger partial charge in [0.2, 0.25) is 11.4 Å². The topological polar surface area (TPSA) is 97.8 Å². The molecule has 1 aliphatic rings. The van der Waals surface area contributed by atoms with E-state index in [1.165, 1.54) is 16.0 Å². The van der Waals surface area contributed by atoms with Crippen molar-refractivity contribution in [3.8, 4) is 5.19 Å². The number of aromatic nitrogens is 3. The van der Waals surface area contributed by atoms with E-state index >= 15 is 0 Å². The third-order valence-corrected chi connectivity index (χ3v) is 4.42. The summed E-state index contributed by atoms with van der Waals surface area (Å²) in [6.45, 7) is 2.36. The van der Waals surface area contributed by atoms with Crippen LogP contribution in [0.1, 0.15) is 17.3 Å². The van der Waals surface area contributed by atoms with E-state index in [0.29, 0.717) is 11.8 Å². The Morgan fingerprint density at radius 3 is 3.00 bits per heavy atom. The first kappa shape index (κ1) is 17.4. The predicted octanol–water partition coefficient (Wildman–Crippen LogP) is 1.95. The third-order valence-electron chi connectivity index (χ3n) is 3.30. The van der Waals surface area contributed by atoms with Crippen molar-refractivity contribution in [3.05, 3.63) is 30.1 Å². The summed E-state index contributed by atoms with van der Waals surface area (Å²) in [5, 5.41) is 8.39. The molecule has 1 unspecified atom stereocenters. The minimum absolute atomic E-state index is 0.0343. The summed E-state index contributed by atoms with van der Waals surface area (Å²) in [6.07, 6.45) is 2.07. The number of rotatable bonds is 6. The summed E-state index contributed by atoms with van der Waals surface area (Å²) in [6, 6.07) is 2.75. The van der Waals surface area contributed by atoms with Crippen LogP contribution in [0.5, 0.6) is 5.19 Å². The minimum atomic E-state index is -0.874. The molecule has 3 rings (SSSR count). The number of carbonyl (C=O) groups excluding carboxylic acids is 2. The number of halogens is 1. The van der Waals surface area contributed by atoms with Crippen LogP contribution in [0.15, 0.2) is 24.5 Å². The molecule has 1 saturated heterocycles. The maximum atomic E-state index is 12.5. The second kappa shape index (κ2) is 7.62. The van der Waals surface area contributed by atoms with Gasteiger partial charge in [-0.1, -0.05) is 5.10 Å². The lowest BCUT2D eigenvalue weighted by atomic mass is 10.3. The van der Waals surface area contributed by atoms with Crippen molar-refractivity contribution in [1.29, 1.82) is 0 Å². The molecule has 0 radical (unpaired) electrons. The number of hydrogen-bond donors (Lipinski definition) is 0. The van der Waals surface area contributed by atoms with Gasteiger partial charge in [0.25, 0.3) is 5.19 Å². The zero-order chi connectivity index (χ0) is 17.8. The number of ether oxygens (including phenoxy) is 2. The molecule has 0 aromatic carbocycles. The fraction of sp³-hybridized carbons (Fsp3) is 0.357. The zero-order valence-corrected chi connectivity index (χ0v) is 14.7. The summed E-state index contributed by atoms with van der Waals surface area (Å²) >= 11 is 6.88. The maximum Gasteiger partial charge on any atom is 0.341 e. The number of pyridine rings is 1. The number of esters is 1. The molecule has 11 heteroatoms. The highest BCUT2D eigenvalue weighted by molar-refractivity contribution is 7.17. The molecule has 0 aliphatic carbocycles. The summed E-state index contributed by atoms with van der Waals surface area (Å²) in [5.41, 5.74) is 0.284. The highest BCUT2D eigenvalue weighted by atomic mass is 35.5. The number of alkyl halides is 1. The first-order valence-corrected chi connectivity index (χ1v) is 8.70. The fourth-order valence-corrected chi connectivity index (χ4v) is 3.17. The van der Waals surface area contributed by atoms with Gasteiger partial charge in [0, 0.05) is 12.4 Å². The van der Waals surface area contributed by atoms with Gasteiger partial charge in [-0.25, -0.2) is 14.5 Å². The molecule has 1 atom stereocenters. The summed E-state index contributed by atoms with van der Waals surface area (Å²) in [7, 11) is 0. The van der Waals surface area contributed by atoms with Gasteiger partial charge >= 0.3 is 12.0 Å². The van der Waals surface area contributed by atoms with Gasteiger partial charge in [0.05, 0.1) is 24.7 Å². The van der Waals surface area contributed by atoms with E-state index in [4.69, 9.17) is 21.1 Å². The van der Waals surface area contributed by atoms with E-state index in [9.17, 15) is 9.59 Å². The molecule has 0 saturated carbocycles. The van der Waals surface area contributed by atoms with Crippen LogP contribution in [-0.2, 0) is 4.74 Å². The molecule has 25 heavy (non-hydrogen) atoms. The Hall–Kier alpha value is -2.46. The normalized spacial score (nSPS) is 17.0. The Kier molecular flexibility index (Phi) is 5.29. The van der Waals surface area contributed by atoms with Crippen LogP contribution in [0, 0.1) is 0 Å². The van der Waals surface area contributed by atoms with Crippen molar-refractivity contribution in [2.45, 2.75) is 13.2 Å². The molecule has 1 fully saturated rings. The van der Waals surface area contributed by atoms with E-state index in [1.807, 2.05) is 6.92 Å². The number of amides is 2. The highest BCUT2D eigenvalue weighted by Crippen LogP contribution is 2.32. The molecular formula is C14H14ClN5O4S. The molecule has 0 bridgehead atoms. The van der Waals surface area contributed by atoms with Crippen LogP contribution in [0.2, 0.25) is 0 Å². The summed E-state index contributed by atoms with van der Waals surface area (Å²) in [4.78, 5) is 31.2. The van der Waals surface area contributed by atoms with Crippen molar-refractivity contribution < 1.29 is 19.1 Å². The zero-order valence-electron chi connectivity index (χ0n) is 13.2. The molecule has 0 spiro atoms. The Labute approximate surface area is 152 Å². The number of hydrogen-bond acceptors (Lipinski definition) is 8. The fourth-order valence-electron chi connectivity index (χ4n) is 2.18. The van der Waals surface area contributed by atoms with Crippen LogP contribution in [0.3, 0.4) is 0 Å². The van der Waals surface area contributed by atoms with E-state index in [1.54, 1.807) is 18.3 Å². The second-order valence-electron chi connectivity index (χ2n) is 4.88. The lowest BCUT2D eigenvalue weighted by Crippen LogP contribution is -2.37. The van der Waals surface area contributed by atoms with E-state index in [-0.39, 0.29) is 23.2 Å². The van der Waals surface area contributed by atoms with Gasteiger partial charge < -0.3 is 14.4 Å². The van der Waals surface area contributed by atoms with Crippen molar-refractivity contribution in [3.63, 3.8) is 0 Å². The summed E-state index contributed by atoms with van der Waals surface area (Å²) in [5.74, 6) is -0.595. The van der Waals surface area contributed by atoms with Crippen LogP contribution in [0.25, 0.3) is 0 Å². The Balaban J connectivity index is 1.82. The summed E-state index contributed by atoms with van der Waals surface area (Å²) < 4.78 is 10.7. The molecule has 3 heterocycles. The molecular weight excluding hydrogens is 370 g/mol. The number of carbonyl (C=O) groups is 2. The average molecular weight is 384 g/mol. The predicted molar refractivity (Wildman–Crippen MR) is 89.8 cm³/mol. The van der Waals surface area contributed by atoms with Crippen molar-refractivity contribution >= 4 is 40.1 Å². The SMILES string of the molecule is CCOc1nnc(N2C(=O)N(CCl)CC2OC(=O)c2cccnc2)s1. The van der Waals surface area contributed by atoms with Gasteiger partial charge in [-0.15, -0.1) is 16.7 Å². The van der Waals surface area contributed by atoms with Gasteiger partial charge in [-0.05, 0) is 30.4 Å². The van der Waals surface area contributed by atoms with Crippen LogP contribution >= 0.6 is 22.9 Å². The van der Waals surface area contributed by atoms with Gasteiger partial charge in [0.15, 0.2) is 0 Å². The van der Waals surface area contributed by atoms with Gasteiger partial charge in [0.1, 0.15) is 0 Å². The lowest BCUT2D eigenvalue weighted by molar-refractivity contribution is 0.0329. The minimum Gasteiger partial charge on any atom is -0.469 e. The van der Waals surface area contributed by atoms with Crippen molar-refractivity contribution in [2.24, 2.45) is 0 Å². The number of anilines is 1.